The predicted molar refractivity (Wildman–Crippen MR) is 66.3 cm³/mol. The van der Waals surface area contributed by atoms with Crippen molar-refractivity contribution in [2.45, 2.75) is 6.42 Å². The number of methoxy groups -OCH3 is 2. The van der Waals surface area contributed by atoms with Gasteiger partial charge in [0.05, 0.1) is 26.2 Å². The number of aromatic nitrogens is 1. The zero-order valence-corrected chi connectivity index (χ0v) is 10.7. The first-order valence-corrected chi connectivity index (χ1v) is 5.43. The molecule has 96 valence electrons. The van der Waals surface area contributed by atoms with Crippen LogP contribution in [-0.4, -0.2) is 31.1 Å². The van der Waals surface area contributed by atoms with Gasteiger partial charge in [0, 0.05) is 11.8 Å². The van der Waals surface area contributed by atoms with Crippen LogP contribution in [0.5, 0.6) is 0 Å². The Bertz CT molecular complexity index is 485. The zero-order chi connectivity index (χ0) is 13.5. The van der Waals surface area contributed by atoms with E-state index in [0.717, 1.165) is 0 Å². The van der Waals surface area contributed by atoms with Crippen LogP contribution in [-0.2, 0) is 14.3 Å². The number of pyridine rings is 1. The maximum Gasteiger partial charge on any atom is 0.338 e. The van der Waals surface area contributed by atoms with E-state index < -0.39 is 5.97 Å². The molecule has 1 heterocycles. The van der Waals surface area contributed by atoms with Gasteiger partial charge < -0.3 is 9.47 Å². The number of rotatable bonds is 4. The van der Waals surface area contributed by atoms with Crippen LogP contribution < -0.4 is 0 Å². The van der Waals surface area contributed by atoms with Crippen LogP contribution in [0.2, 0.25) is 5.15 Å². The Balaban J connectivity index is 2.94. The van der Waals surface area contributed by atoms with Gasteiger partial charge in [0.2, 0.25) is 0 Å². The van der Waals surface area contributed by atoms with Gasteiger partial charge >= 0.3 is 11.9 Å². The molecule has 6 heteroatoms. The molecule has 0 saturated heterocycles. The van der Waals surface area contributed by atoms with Gasteiger partial charge in [-0.3, -0.25) is 4.79 Å². The molecule has 1 rings (SSSR count). The normalized spacial score (nSPS) is 10.4. The van der Waals surface area contributed by atoms with E-state index >= 15 is 0 Å². The molecule has 0 aliphatic rings. The highest BCUT2D eigenvalue weighted by atomic mass is 35.5. The molecule has 0 aromatic carbocycles. The topological polar surface area (TPSA) is 65.5 Å². The summed E-state index contributed by atoms with van der Waals surface area (Å²) in [5, 5.41) is 0.195. The van der Waals surface area contributed by atoms with Gasteiger partial charge in [-0.1, -0.05) is 23.8 Å². The molecule has 0 fully saturated rings. The summed E-state index contributed by atoms with van der Waals surface area (Å²) in [5.74, 6) is -0.884. The Morgan fingerprint density at radius 2 is 2.11 bits per heavy atom. The number of esters is 2. The molecule has 0 atom stereocenters. The second-order valence-corrected chi connectivity index (χ2v) is 3.66. The summed E-state index contributed by atoms with van der Waals surface area (Å²) < 4.78 is 9.12. The standard InChI is InChI=1S/C12H12ClNO4/c1-17-11(15)5-3-4-8-7-14-10(13)6-9(8)12(16)18-2/h3-4,6-7H,5H2,1-2H3/b4-3+. The van der Waals surface area contributed by atoms with E-state index in [9.17, 15) is 9.59 Å². The van der Waals surface area contributed by atoms with E-state index in [1.54, 1.807) is 12.2 Å². The van der Waals surface area contributed by atoms with E-state index in [2.05, 4.69) is 14.5 Å². The minimum absolute atomic E-state index is 0.111. The van der Waals surface area contributed by atoms with E-state index in [0.29, 0.717) is 11.1 Å². The third-order valence-corrected chi connectivity index (χ3v) is 2.32. The second-order valence-electron chi connectivity index (χ2n) is 3.27. The summed E-state index contributed by atoms with van der Waals surface area (Å²) >= 11 is 5.71. The van der Waals surface area contributed by atoms with Crippen molar-refractivity contribution in [3.05, 3.63) is 34.6 Å². The van der Waals surface area contributed by atoms with Crippen molar-refractivity contribution in [3.63, 3.8) is 0 Å². The smallest absolute Gasteiger partial charge is 0.338 e. The third-order valence-electron chi connectivity index (χ3n) is 2.12. The molecule has 0 aliphatic carbocycles. The number of hydrogen-bond donors (Lipinski definition) is 0. The van der Waals surface area contributed by atoms with Crippen LogP contribution >= 0.6 is 11.6 Å². The maximum absolute atomic E-state index is 11.5. The Labute approximate surface area is 109 Å². The molecule has 1 aromatic heterocycles. The van der Waals surface area contributed by atoms with Gasteiger partial charge in [-0.05, 0) is 6.07 Å². The van der Waals surface area contributed by atoms with Crippen LogP contribution in [0, 0.1) is 0 Å². The Morgan fingerprint density at radius 1 is 1.39 bits per heavy atom. The number of ether oxygens (including phenoxy) is 2. The summed E-state index contributed by atoms with van der Waals surface area (Å²) in [6.07, 6.45) is 4.71. The van der Waals surface area contributed by atoms with E-state index in [1.807, 2.05) is 0 Å². The fraction of sp³-hybridized carbons (Fsp3) is 0.250. The molecule has 1 aromatic rings. The number of nitrogens with zero attached hydrogens (tertiary/aromatic N) is 1. The molecule has 0 bridgehead atoms. The van der Waals surface area contributed by atoms with E-state index in [4.69, 9.17) is 11.6 Å². The summed E-state index contributed by atoms with van der Waals surface area (Å²) in [7, 11) is 2.58. The van der Waals surface area contributed by atoms with Crippen molar-refractivity contribution in [2.75, 3.05) is 14.2 Å². The summed E-state index contributed by atoms with van der Waals surface area (Å²) in [5.41, 5.74) is 0.814. The molecule has 0 unspecified atom stereocenters. The van der Waals surface area contributed by atoms with Crippen molar-refractivity contribution in [2.24, 2.45) is 0 Å². The Hall–Kier alpha value is -1.88. The zero-order valence-electron chi connectivity index (χ0n) is 9.97. The summed E-state index contributed by atoms with van der Waals surface area (Å²) in [6.45, 7) is 0. The fourth-order valence-corrected chi connectivity index (χ4v) is 1.38. The van der Waals surface area contributed by atoms with Crippen molar-refractivity contribution in [1.29, 1.82) is 0 Å². The van der Waals surface area contributed by atoms with Crippen molar-refractivity contribution >= 4 is 29.6 Å². The third kappa shape index (κ3) is 3.85. The number of halogens is 1. The monoisotopic (exact) mass is 269 g/mol. The van der Waals surface area contributed by atoms with Crippen LogP contribution in [0.25, 0.3) is 6.08 Å². The maximum atomic E-state index is 11.5. The highest BCUT2D eigenvalue weighted by molar-refractivity contribution is 6.29. The lowest BCUT2D eigenvalue weighted by Gasteiger charge is -2.03. The molecule has 0 saturated carbocycles. The molecule has 0 spiro atoms. The largest absolute Gasteiger partial charge is 0.469 e. The van der Waals surface area contributed by atoms with Crippen LogP contribution in [0.1, 0.15) is 22.3 Å². The van der Waals surface area contributed by atoms with Crippen molar-refractivity contribution < 1.29 is 19.1 Å². The lowest BCUT2D eigenvalue weighted by molar-refractivity contribution is -0.139. The lowest BCUT2D eigenvalue weighted by Crippen LogP contribution is -2.04. The van der Waals surface area contributed by atoms with Crippen LogP contribution in [0.3, 0.4) is 0 Å². The van der Waals surface area contributed by atoms with Gasteiger partial charge in [0.15, 0.2) is 0 Å². The number of carbonyl (C=O) groups excluding carboxylic acids is 2. The van der Waals surface area contributed by atoms with E-state index in [1.165, 1.54) is 26.5 Å². The van der Waals surface area contributed by atoms with E-state index in [-0.39, 0.29) is 17.5 Å². The molecular weight excluding hydrogens is 258 g/mol. The molecule has 0 aliphatic heterocycles. The highest BCUT2D eigenvalue weighted by Gasteiger charge is 2.11. The summed E-state index contributed by atoms with van der Waals surface area (Å²) in [6, 6.07) is 1.41. The quantitative estimate of drug-likeness (QED) is 0.619. The molecular formula is C12H12ClNO4. The first kappa shape index (κ1) is 14.2. The minimum atomic E-state index is -0.517. The Morgan fingerprint density at radius 3 is 2.72 bits per heavy atom. The Kier molecular flexibility index (Phi) is 5.32. The van der Waals surface area contributed by atoms with Gasteiger partial charge in [0.25, 0.3) is 0 Å². The molecule has 0 N–H and O–H groups in total. The SMILES string of the molecule is COC(=O)C/C=C/c1cnc(Cl)cc1C(=O)OC. The van der Waals surface area contributed by atoms with Crippen LogP contribution in [0.15, 0.2) is 18.3 Å². The van der Waals surface area contributed by atoms with Gasteiger partial charge in [-0.25, -0.2) is 9.78 Å². The lowest BCUT2D eigenvalue weighted by atomic mass is 10.1. The highest BCUT2D eigenvalue weighted by Crippen LogP contribution is 2.16. The first-order chi connectivity index (χ1) is 8.58. The van der Waals surface area contributed by atoms with Gasteiger partial charge in [0.1, 0.15) is 5.15 Å². The average Bonchev–Trinajstić information content (AvgIpc) is 2.39. The average molecular weight is 270 g/mol. The first-order valence-electron chi connectivity index (χ1n) is 5.05. The number of hydrogen-bond acceptors (Lipinski definition) is 5. The second kappa shape index (κ2) is 6.76. The minimum Gasteiger partial charge on any atom is -0.469 e. The van der Waals surface area contributed by atoms with Gasteiger partial charge in [-0.2, -0.15) is 0 Å². The fourth-order valence-electron chi connectivity index (χ4n) is 1.23. The number of carbonyl (C=O) groups is 2. The van der Waals surface area contributed by atoms with Crippen LogP contribution in [0.4, 0.5) is 0 Å². The van der Waals surface area contributed by atoms with Gasteiger partial charge in [-0.15, -0.1) is 0 Å². The molecule has 0 amide bonds. The summed E-state index contributed by atoms with van der Waals surface area (Å²) in [4.78, 5) is 26.3. The predicted octanol–water partition coefficient (Wildman–Crippen LogP) is 2.10. The van der Waals surface area contributed by atoms with Crippen molar-refractivity contribution in [1.82, 2.24) is 4.98 Å². The van der Waals surface area contributed by atoms with Crippen molar-refractivity contribution in [3.8, 4) is 0 Å². The molecule has 0 radical (unpaired) electrons. The molecule has 18 heavy (non-hydrogen) atoms. The molecule has 5 nitrogen and oxygen atoms in total.